The second-order valence-corrected chi connectivity index (χ2v) is 6.54. The molecule has 0 saturated carbocycles. The van der Waals surface area contributed by atoms with Crippen LogP contribution >= 0.6 is 11.3 Å². The maximum atomic E-state index is 12.6. The van der Waals surface area contributed by atoms with Gasteiger partial charge in [-0.1, -0.05) is 13.8 Å². The van der Waals surface area contributed by atoms with Crippen molar-refractivity contribution in [2.75, 3.05) is 18.0 Å². The van der Waals surface area contributed by atoms with Gasteiger partial charge < -0.3 is 10.2 Å². The minimum Gasteiger partial charge on any atom is -0.348 e. The van der Waals surface area contributed by atoms with Crippen molar-refractivity contribution in [1.29, 1.82) is 0 Å². The lowest BCUT2D eigenvalue weighted by atomic mass is 9.97. The Morgan fingerprint density at radius 3 is 2.60 bits per heavy atom. The van der Waals surface area contributed by atoms with Gasteiger partial charge in [-0.05, 0) is 12.8 Å². The number of piperidine rings is 1. The van der Waals surface area contributed by atoms with Crippen LogP contribution in [0.15, 0.2) is 6.20 Å². The summed E-state index contributed by atoms with van der Waals surface area (Å²) in [6, 6.07) is 0.406. The number of hydrogen-bond donors (Lipinski definition) is 1. The van der Waals surface area contributed by atoms with Gasteiger partial charge in [-0.15, -0.1) is 11.3 Å². The van der Waals surface area contributed by atoms with Crippen LogP contribution in [-0.2, 0) is 6.54 Å². The van der Waals surface area contributed by atoms with Crippen LogP contribution in [0.3, 0.4) is 0 Å². The van der Waals surface area contributed by atoms with E-state index in [-0.39, 0.29) is 12.8 Å². The number of hydrogen-bond acceptors (Lipinski definition) is 4. The van der Waals surface area contributed by atoms with Gasteiger partial charge >= 0.3 is 6.18 Å². The van der Waals surface area contributed by atoms with Gasteiger partial charge in [0, 0.05) is 36.8 Å². The Kier molecular flexibility index (Phi) is 4.90. The smallest absolute Gasteiger partial charge is 0.348 e. The van der Waals surface area contributed by atoms with Crippen LogP contribution in [0.2, 0.25) is 0 Å². The number of rotatable bonds is 4. The summed E-state index contributed by atoms with van der Waals surface area (Å²) in [6.45, 7) is 5.78. The van der Waals surface area contributed by atoms with Crippen molar-refractivity contribution in [2.45, 2.75) is 45.5 Å². The highest BCUT2D eigenvalue weighted by Gasteiger charge is 2.41. The molecule has 0 amide bonds. The van der Waals surface area contributed by atoms with E-state index < -0.39 is 12.1 Å². The lowest BCUT2D eigenvalue weighted by Crippen LogP contribution is -2.38. The van der Waals surface area contributed by atoms with E-state index in [0.717, 1.165) is 16.6 Å². The topological polar surface area (TPSA) is 28.2 Å². The van der Waals surface area contributed by atoms with Crippen molar-refractivity contribution in [3.8, 4) is 0 Å². The third-order valence-corrected chi connectivity index (χ3v) is 4.51. The highest BCUT2D eigenvalue weighted by atomic mass is 32.1. The van der Waals surface area contributed by atoms with Gasteiger partial charge in [0.1, 0.15) is 0 Å². The van der Waals surface area contributed by atoms with E-state index >= 15 is 0 Å². The quantitative estimate of drug-likeness (QED) is 0.924. The highest BCUT2D eigenvalue weighted by Crippen LogP contribution is 2.36. The van der Waals surface area contributed by atoms with Gasteiger partial charge in [0.25, 0.3) is 0 Å². The Morgan fingerprint density at radius 2 is 2.05 bits per heavy atom. The summed E-state index contributed by atoms with van der Waals surface area (Å²) in [4.78, 5) is 7.41. The maximum Gasteiger partial charge on any atom is 0.391 e. The number of thiazole rings is 1. The van der Waals surface area contributed by atoms with Crippen LogP contribution in [0.5, 0.6) is 0 Å². The largest absolute Gasteiger partial charge is 0.391 e. The van der Waals surface area contributed by atoms with Crippen LogP contribution in [0.25, 0.3) is 0 Å². The number of halogens is 3. The molecule has 2 rings (SSSR count). The lowest BCUT2D eigenvalue weighted by Gasteiger charge is -2.32. The summed E-state index contributed by atoms with van der Waals surface area (Å²) < 4.78 is 37.8. The van der Waals surface area contributed by atoms with E-state index in [9.17, 15) is 13.2 Å². The molecule has 0 aliphatic carbocycles. The highest BCUT2D eigenvalue weighted by molar-refractivity contribution is 7.15. The van der Waals surface area contributed by atoms with E-state index in [1.165, 1.54) is 0 Å². The molecule has 1 aromatic rings. The van der Waals surface area contributed by atoms with Gasteiger partial charge in [0.15, 0.2) is 5.13 Å². The van der Waals surface area contributed by atoms with Crippen molar-refractivity contribution < 1.29 is 13.2 Å². The third kappa shape index (κ3) is 4.09. The van der Waals surface area contributed by atoms with Crippen molar-refractivity contribution in [2.24, 2.45) is 5.92 Å². The predicted octanol–water partition coefficient (Wildman–Crippen LogP) is 3.42. The number of nitrogens with zero attached hydrogens (tertiary/aromatic N) is 2. The molecule has 1 fully saturated rings. The summed E-state index contributed by atoms with van der Waals surface area (Å²) in [5.41, 5.74) is 0. The molecule has 20 heavy (non-hydrogen) atoms. The molecule has 1 aliphatic rings. The zero-order chi connectivity index (χ0) is 14.8. The molecule has 0 radical (unpaired) electrons. The lowest BCUT2D eigenvalue weighted by molar-refractivity contribution is -0.179. The number of nitrogens with one attached hydrogen (secondary N) is 1. The fourth-order valence-corrected chi connectivity index (χ4v) is 3.14. The molecule has 7 heteroatoms. The van der Waals surface area contributed by atoms with E-state index in [2.05, 4.69) is 24.1 Å². The minimum absolute atomic E-state index is 0.169. The minimum atomic E-state index is -4.05. The first kappa shape index (κ1) is 15.6. The zero-order valence-electron chi connectivity index (χ0n) is 11.7. The number of anilines is 1. The predicted molar refractivity (Wildman–Crippen MR) is 75.1 cm³/mol. The Morgan fingerprint density at radius 1 is 1.40 bits per heavy atom. The number of alkyl halides is 3. The first-order valence-electron chi connectivity index (χ1n) is 6.86. The molecular weight excluding hydrogens is 287 g/mol. The zero-order valence-corrected chi connectivity index (χ0v) is 12.5. The average molecular weight is 307 g/mol. The molecule has 0 unspecified atom stereocenters. The van der Waals surface area contributed by atoms with Crippen molar-refractivity contribution >= 4 is 16.5 Å². The standard InChI is InChI=1S/C13H20F3N3S/c1-9(2)17-7-11-8-18-12(20-11)19-5-3-10(4-6-19)13(14,15)16/h8-10,17H,3-7H2,1-2H3. The van der Waals surface area contributed by atoms with Gasteiger partial charge in [0.05, 0.1) is 5.92 Å². The van der Waals surface area contributed by atoms with E-state index in [0.29, 0.717) is 19.1 Å². The molecule has 0 aromatic carbocycles. The Hall–Kier alpha value is -0.820. The average Bonchev–Trinajstić information content (AvgIpc) is 2.84. The molecule has 2 heterocycles. The first-order chi connectivity index (χ1) is 9.36. The molecule has 1 saturated heterocycles. The van der Waals surface area contributed by atoms with Crippen LogP contribution in [0, 0.1) is 5.92 Å². The molecular formula is C13H20F3N3S. The van der Waals surface area contributed by atoms with Crippen LogP contribution < -0.4 is 10.2 Å². The third-order valence-electron chi connectivity index (χ3n) is 3.45. The van der Waals surface area contributed by atoms with Gasteiger partial charge in [-0.25, -0.2) is 4.98 Å². The van der Waals surface area contributed by atoms with Crippen LogP contribution in [0.1, 0.15) is 31.6 Å². The molecule has 1 N–H and O–H groups in total. The summed E-state index contributed by atoms with van der Waals surface area (Å²) in [5, 5.41) is 4.15. The second-order valence-electron chi connectivity index (χ2n) is 5.45. The Labute approximate surface area is 121 Å². The van der Waals surface area contributed by atoms with E-state index in [4.69, 9.17) is 0 Å². The van der Waals surface area contributed by atoms with Gasteiger partial charge in [-0.3, -0.25) is 0 Å². The molecule has 0 atom stereocenters. The van der Waals surface area contributed by atoms with Gasteiger partial charge in [0.2, 0.25) is 0 Å². The van der Waals surface area contributed by atoms with Crippen LogP contribution in [-0.4, -0.2) is 30.3 Å². The van der Waals surface area contributed by atoms with Crippen LogP contribution in [0.4, 0.5) is 18.3 Å². The van der Waals surface area contributed by atoms with Crippen molar-refractivity contribution in [1.82, 2.24) is 10.3 Å². The second kappa shape index (κ2) is 6.30. The number of aromatic nitrogens is 1. The summed E-state index contributed by atoms with van der Waals surface area (Å²) in [6.07, 6.45) is -1.90. The summed E-state index contributed by atoms with van der Waals surface area (Å²) >= 11 is 1.56. The fourth-order valence-electron chi connectivity index (χ4n) is 2.23. The molecule has 1 aliphatic heterocycles. The fraction of sp³-hybridized carbons (Fsp3) is 0.769. The summed E-state index contributed by atoms with van der Waals surface area (Å²) in [5.74, 6) is -1.15. The Bertz CT molecular complexity index is 423. The molecule has 114 valence electrons. The molecule has 0 bridgehead atoms. The molecule has 0 spiro atoms. The van der Waals surface area contributed by atoms with E-state index in [1.54, 1.807) is 11.3 Å². The molecule has 3 nitrogen and oxygen atoms in total. The maximum absolute atomic E-state index is 12.6. The SMILES string of the molecule is CC(C)NCc1cnc(N2CCC(C(F)(F)F)CC2)s1. The van der Waals surface area contributed by atoms with Gasteiger partial charge in [-0.2, -0.15) is 13.2 Å². The normalized spacial score (nSPS) is 18.0. The van der Waals surface area contributed by atoms with E-state index in [1.807, 2.05) is 11.1 Å². The van der Waals surface area contributed by atoms with Crippen molar-refractivity contribution in [3.63, 3.8) is 0 Å². The summed E-state index contributed by atoms with van der Waals surface area (Å²) in [7, 11) is 0. The first-order valence-corrected chi connectivity index (χ1v) is 7.67. The molecule has 1 aromatic heterocycles. The van der Waals surface area contributed by atoms with Crippen molar-refractivity contribution in [3.05, 3.63) is 11.1 Å². The Balaban J connectivity index is 1.88. The monoisotopic (exact) mass is 307 g/mol.